The van der Waals surface area contributed by atoms with Crippen LogP contribution in [0.4, 0.5) is 0 Å². The molecule has 0 saturated carbocycles. The van der Waals surface area contributed by atoms with Crippen LogP contribution in [0.3, 0.4) is 0 Å². The Hall–Kier alpha value is -2.34. The Morgan fingerprint density at radius 2 is 1.08 bits per heavy atom. The predicted octanol–water partition coefficient (Wildman–Crippen LogP) is 6.88. The first-order valence-electron chi connectivity index (χ1n) is 9.88. The number of aryl methyl sites for hydroxylation is 4. The van der Waals surface area contributed by atoms with E-state index >= 15 is 0 Å². The van der Waals surface area contributed by atoms with Gasteiger partial charge in [-0.2, -0.15) is 0 Å². The summed E-state index contributed by atoms with van der Waals surface area (Å²) in [6.07, 6.45) is 4.41. The number of rotatable bonds is 6. The van der Waals surface area contributed by atoms with E-state index in [2.05, 4.69) is 88.4 Å². The Balaban J connectivity index is 1.71. The minimum Gasteiger partial charge on any atom is -0.0613 e. The molecule has 3 rings (SSSR count). The summed E-state index contributed by atoms with van der Waals surface area (Å²) < 4.78 is 0. The first kappa shape index (κ1) is 18.5. The van der Waals surface area contributed by atoms with Gasteiger partial charge in [0.2, 0.25) is 0 Å². The highest BCUT2D eigenvalue weighted by atomic mass is 14.1. The second kappa shape index (κ2) is 8.36. The van der Waals surface area contributed by atoms with Gasteiger partial charge in [0.25, 0.3) is 0 Å². The van der Waals surface area contributed by atoms with Crippen LogP contribution < -0.4 is 0 Å². The van der Waals surface area contributed by atoms with Gasteiger partial charge in [-0.25, -0.2) is 0 Å². The average Bonchev–Trinajstić information content (AvgIpc) is 2.69. The topological polar surface area (TPSA) is 0 Å². The maximum absolute atomic E-state index is 2.29. The zero-order valence-electron chi connectivity index (χ0n) is 16.6. The minimum absolute atomic E-state index is 1.10. The van der Waals surface area contributed by atoms with Crippen molar-refractivity contribution in [2.75, 3.05) is 0 Å². The molecule has 0 aliphatic rings. The van der Waals surface area contributed by atoms with E-state index in [4.69, 9.17) is 0 Å². The Labute approximate surface area is 158 Å². The molecule has 26 heavy (non-hydrogen) atoms. The lowest BCUT2D eigenvalue weighted by atomic mass is 9.92. The lowest BCUT2D eigenvalue weighted by Gasteiger charge is -2.13. The first-order valence-corrected chi connectivity index (χ1v) is 9.88. The molecule has 0 aromatic heterocycles. The van der Waals surface area contributed by atoms with Crippen molar-refractivity contribution in [1.82, 2.24) is 0 Å². The van der Waals surface area contributed by atoms with E-state index in [-0.39, 0.29) is 0 Å². The fourth-order valence-electron chi connectivity index (χ4n) is 3.65. The Morgan fingerprint density at radius 1 is 0.538 bits per heavy atom. The van der Waals surface area contributed by atoms with Crippen LogP contribution in [0.15, 0.2) is 60.7 Å². The van der Waals surface area contributed by atoms with Gasteiger partial charge in [0.05, 0.1) is 0 Å². The second-order valence-corrected chi connectivity index (χ2v) is 7.24. The molecule has 0 nitrogen and oxygen atoms in total. The van der Waals surface area contributed by atoms with E-state index in [1.165, 1.54) is 44.5 Å². The third-order valence-corrected chi connectivity index (χ3v) is 5.68. The van der Waals surface area contributed by atoms with Crippen molar-refractivity contribution < 1.29 is 0 Å². The molecule has 0 heteroatoms. The number of benzene rings is 3. The lowest BCUT2D eigenvalue weighted by Crippen LogP contribution is -1.95. The summed E-state index contributed by atoms with van der Waals surface area (Å²) in [6.45, 7) is 8.93. The summed E-state index contributed by atoms with van der Waals surface area (Å²) in [5.74, 6) is 0. The van der Waals surface area contributed by atoms with Gasteiger partial charge in [-0.15, -0.1) is 0 Å². The quantitative estimate of drug-likeness (QED) is 0.458. The fourth-order valence-corrected chi connectivity index (χ4v) is 3.65. The maximum atomic E-state index is 2.29. The van der Waals surface area contributed by atoms with Gasteiger partial charge in [-0.05, 0) is 84.0 Å². The van der Waals surface area contributed by atoms with Crippen LogP contribution in [-0.2, 0) is 25.7 Å². The van der Waals surface area contributed by atoms with Crippen LogP contribution in [0.2, 0.25) is 0 Å². The third-order valence-electron chi connectivity index (χ3n) is 5.68. The van der Waals surface area contributed by atoms with Crippen LogP contribution in [0.1, 0.15) is 47.2 Å². The molecule has 0 atom stereocenters. The van der Waals surface area contributed by atoms with Crippen molar-refractivity contribution >= 4 is 0 Å². The highest BCUT2D eigenvalue weighted by molar-refractivity contribution is 5.69. The van der Waals surface area contributed by atoms with Crippen LogP contribution in [0, 0.1) is 13.8 Å². The summed E-state index contributed by atoms with van der Waals surface area (Å²) >= 11 is 0. The zero-order chi connectivity index (χ0) is 18.5. The first-order chi connectivity index (χ1) is 12.6. The Bertz CT molecular complexity index is 852. The molecule has 0 fully saturated rings. The van der Waals surface area contributed by atoms with E-state index in [1.807, 2.05) is 0 Å². The van der Waals surface area contributed by atoms with Gasteiger partial charge in [0.15, 0.2) is 0 Å². The molecule has 0 aliphatic heterocycles. The minimum atomic E-state index is 1.10. The van der Waals surface area contributed by atoms with Gasteiger partial charge in [-0.1, -0.05) is 74.5 Å². The van der Waals surface area contributed by atoms with Crippen molar-refractivity contribution in [2.24, 2.45) is 0 Å². The summed E-state index contributed by atoms with van der Waals surface area (Å²) in [5, 5.41) is 0. The van der Waals surface area contributed by atoms with Gasteiger partial charge in [0, 0.05) is 0 Å². The van der Waals surface area contributed by atoms with Crippen molar-refractivity contribution in [1.29, 1.82) is 0 Å². The molecule has 0 aliphatic carbocycles. The van der Waals surface area contributed by atoms with Crippen molar-refractivity contribution in [3.8, 4) is 11.1 Å². The van der Waals surface area contributed by atoms with Gasteiger partial charge in [0.1, 0.15) is 0 Å². The highest BCUT2D eigenvalue weighted by Crippen LogP contribution is 2.28. The number of hydrogen-bond acceptors (Lipinski definition) is 0. The van der Waals surface area contributed by atoms with E-state index < -0.39 is 0 Å². The summed E-state index contributed by atoms with van der Waals surface area (Å²) in [4.78, 5) is 0. The van der Waals surface area contributed by atoms with Crippen LogP contribution >= 0.6 is 0 Å². The average molecular weight is 343 g/mol. The molecule has 134 valence electrons. The van der Waals surface area contributed by atoms with Gasteiger partial charge in [-0.3, -0.25) is 0 Å². The van der Waals surface area contributed by atoms with E-state index in [1.54, 1.807) is 0 Å². The van der Waals surface area contributed by atoms with E-state index in [0.29, 0.717) is 0 Å². The Morgan fingerprint density at radius 3 is 1.62 bits per heavy atom. The van der Waals surface area contributed by atoms with Crippen LogP contribution in [0.25, 0.3) is 11.1 Å². The lowest BCUT2D eigenvalue weighted by molar-refractivity contribution is 0.957. The maximum Gasteiger partial charge on any atom is -0.0152 e. The Kier molecular flexibility index (Phi) is 5.93. The van der Waals surface area contributed by atoms with E-state index in [0.717, 1.165) is 25.7 Å². The summed E-state index contributed by atoms with van der Waals surface area (Å²) in [7, 11) is 0. The predicted molar refractivity (Wildman–Crippen MR) is 114 cm³/mol. The normalized spacial score (nSPS) is 10.9. The second-order valence-electron chi connectivity index (χ2n) is 7.24. The standard InChI is InChI=1S/C26H30/c1-5-21-7-9-22(10-8-21)11-12-23-13-15-25(16-14-23)26-18-17-24(6-2)19(3)20(26)4/h7-10,13-18H,5-6,11-12H2,1-4H3. The smallest absolute Gasteiger partial charge is 0.0152 e. The van der Waals surface area contributed by atoms with Gasteiger partial charge < -0.3 is 0 Å². The molecule has 3 aromatic carbocycles. The zero-order valence-corrected chi connectivity index (χ0v) is 16.6. The molecule has 0 unspecified atom stereocenters. The summed E-state index contributed by atoms with van der Waals surface area (Å²) in [5.41, 5.74) is 11.2. The molecular weight excluding hydrogens is 312 g/mol. The largest absolute Gasteiger partial charge is 0.0613 e. The van der Waals surface area contributed by atoms with Crippen molar-refractivity contribution in [3.63, 3.8) is 0 Å². The fraction of sp³-hybridized carbons (Fsp3) is 0.308. The summed E-state index contributed by atoms with van der Waals surface area (Å²) in [6, 6.07) is 22.8. The monoisotopic (exact) mass is 342 g/mol. The third kappa shape index (κ3) is 4.07. The van der Waals surface area contributed by atoms with Crippen molar-refractivity contribution in [3.05, 3.63) is 94.0 Å². The molecule has 0 spiro atoms. The van der Waals surface area contributed by atoms with Crippen LogP contribution in [0.5, 0.6) is 0 Å². The molecular formula is C26H30. The van der Waals surface area contributed by atoms with Crippen molar-refractivity contribution in [2.45, 2.75) is 53.4 Å². The number of hydrogen-bond donors (Lipinski definition) is 0. The molecule has 3 aromatic rings. The van der Waals surface area contributed by atoms with E-state index in [9.17, 15) is 0 Å². The molecule has 0 bridgehead atoms. The van der Waals surface area contributed by atoms with Gasteiger partial charge >= 0.3 is 0 Å². The van der Waals surface area contributed by atoms with Crippen LogP contribution in [-0.4, -0.2) is 0 Å². The molecule has 0 amide bonds. The molecule has 0 heterocycles. The molecule has 0 saturated heterocycles. The molecule has 0 radical (unpaired) electrons. The highest BCUT2D eigenvalue weighted by Gasteiger charge is 2.07. The molecule has 0 N–H and O–H groups in total. The SMILES string of the molecule is CCc1ccc(CCc2ccc(-c3ccc(CC)c(C)c3C)cc2)cc1.